The summed E-state index contributed by atoms with van der Waals surface area (Å²) in [6.45, 7) is 0. The molecule has 0 N–H and O–H groups in total. The Hall–Kier alpha value is -0.990. The second-order valence-electron chi connectivity index (χ2n) is 3.98. The van der Waals surface area contributed by atoms with Crippen molar-refractivity contribution in [1.82, 2.24) is 0 Å². The highest BCUT2D eigenvalue weighted by Crippen LogP contribution is 2.24. The number of thiophene rings is 1. The molecule has 100 valence electrons. The highest BCUT2D eigenvalue weighted by atomic mass is 127. The van der Waals surface area contributed by atoms with Gasteiger partial charge in [0.15, 0.2) is 5.70 Å². The first-order chi connectivity index (χ1) is 9.63. The molecule has 6 heteroatoms. The summed E-state index contributed by atoms with van der Waals surface area (Å²) in [7, 11) is 0. The van der Waals surface area contributed by atoms with Crippen LogP contribution in [0.25, 0.3) is 6.08 Å². The lowest BCUT2D eigenvalue weighted by atomic mass is 10.2. The minimum Gasteiger partial charge on any atom is -0.402 e. The van der Waals surface area contributed by atoms with E-state index in [1.807, 2.05) is 35.7 Å². The Kier molecular flexibility index (Phi) is 4.04. The van der Waals surface area contributed by atoms with Crippen LogP contribution in [0, 0.1) is 3.57 Å². The van der Waals surface area contributed by atoms with E-state index in [1.54, 1.807) is 17.4 Å². The normalized spacial score (nSPS) is 16.4. The third kappa shape index (κ3) is 2.87. The molecule has 1 aliphatic heterocycles. The van der Waals surface area contributed by atoms with Gasteiger partial charge >= 0.3 is 5.97 Å². The average molecular weight is 460 g/mol. The van der Waals surface area contributed by atoms with E-state index in [4.69, 9.17) is 4.74 Å². The summed E-state index contributed by atoms with van der Waals surface area (Å²) in [5, 5.41) is 1.95. The Morgan fingerprint density at radius 1 is 1.35 bits per heavy atom. The number of nitrogens with zero attached hydrogens (tertiary/aromatic N) is 1. The molecule has 0 saturated heterocycles. The van der Waals surface area contributed by atoms with Crippen LogP contribution in [0.1, 0.15) is 10.4 Å². The standard InChI is InChI=1S/C14H7BrINO2S/c15-10-6-8(3-4-11(10)16)13-17-12(14(18)19-13)7-9-2-1-5-20-9/h1-7H/b12-7-. The quantitative estimate of drug-likeness (QED) is 0.378. The summed E-state index contributed by atoms with van der Waals surface area (Å²) in [5.74, 6) is -0.0713. The number of ether oxygens (including phenoxy) is 1. The van der Waals surface area contributed by atoms with Crippen LogP contribution in [-0.2, 0) is 9.53 Å². The Morgan fingerprint density at radius 3 is 2.90 bits per heavy atom. The smallest absolute Gasteiger partial charge is 0.363 e. The molecule has 1 aromatic heterocycles. The topological polar surface area (TPSA) is 38.7 Å². The fraction of sp³-hybridized carbons (Fsp3) is 0. The van der Waals surface area contributed by atoms with Crippen molar-refractivity contribution >= 4 is 67.8 Å². The molecule has 2 aromatic rings. The number of carbonyl (C=O) groups excluding carboxylic acids is 1. The Morgan fingerprint density at radius 2 is 2.20 bits per heavy atom. The largest absolute Gasteiger partial charge is 0.402 e. The van der Waals surface area contributed by atoms with Crippen LogP contribution < -0.4 is 0 Å². The van der Waals surface area contributed by atoms with Crippen molar-refractivity contribution in [3.63, 3.8) is 0 Å². The molecule has 0 radical (unpaired) electrons. The maximum absolute atomic E-state index is 11.8. The van der Waals surface area contributed by atoms with E-state index in [2.05, 4.69) is 43.5 Å². The van der Waals surface area contributed by atoms with E-state index < -0.39 is 5.97 Å². The zero-order valence-corrected chi connectivity index (χ0v) is 14.5. The predicted molar refractivity (Wildman–Crippen MR) is 91.8 cm³/mol. The van der Waals surface area contributed by atoms with Gasteiger partial charge in [-0.25, -0.2) is 9.79 Å². The highest BCUT2D eigenvalue weighted by Gasteiger charge is 2.24. The van der Waals surface area contributed by atoms with E-state index >= 15 is 0 Å². The molecule has 0 saturated carbocycles. The molecule has 1 aliphatic rings. The third-order valence-corrected chi connectivity index (χ3v) is 5.77. The van der Waals surface area contributed by atoms with Crippen LogP contribution in [0.15, 0.2) is 50.9 Å². The predicted octanol–water partition coefficient (Wildman–Crippen LogP) is 4.46. The summed E-state index contributed by atoms with van der Waals surface area (Å²) in [6, 6.07) is 9.57. The second kappa shape index (κ2) is 5.79. The van der Waals surface area contributed by atoms with E-state index in [9.17, 15) is 4.79 Å². The lowest BCUT2D eigenvalue weighted by Gasteiger charge is -2.01. The molecule has 3 rings (SSSR count). The third-order valence-electron chi connectivity index (χ3n) is 2.61. The lowest BCUT2D eigenvalue weighted by Crippen LogP contribution is -2.05. The van der Waals surface area contributed by atoms with Crippen LogP contribution in [0.4, 0.5) is 0 Å². The molecule has 1 aromatic carbocycles. The molecular weight excluding hydrogens is 453 g/mol. The highest BCUT2D eigenvalue weighted by molar-refractivity contribution is 14.1. The molecule has 0 spiro atoms. The summed E-state index contributed by atoms with van der Waals surface area (Å²) < 4.78 is 7.27. The summed E-state index contributed by atoms with van der Waals surface area (Å²) >= 11 is 7.23. The average Bonchev–Trinajstić information content (AvgIpc) is 3.04. The van der Waals surface area contributed by atoms with Crippen LogP contribution in [0.5, 0.6) is 0 Å². The Balaban J connectivity index is 1.96. The summed E-state index contributed by atoms with van der Waals surface area (Å²) in [5.41, 5.74) is 1.11. The molecule has 3 nitrogen and oxygen atoms in total. The maximum atomic E-state index is 11.8. The first-order valence-electron chi connectivity index (χ1n) is 5.65. The van der Waals surface area contributed by atoms with Gasteiger partial charge in [0.2, 0.25) is 5.90 Å². The summed E-state index contributed by atoms with van der Waals surface area (Å²) in [4.78, 5) is 17.1. The number of benzene rings is 1. The number of cyclic esters (lactones) is 1. The minimum absolute atomic E-state index is 0.331. The van der Waals surface area contributed by atoms with Crippen molar-refractivity contribution in [2.75, 3.05) is 0 Å². The van der Waals surface area contributed by atoms with Crippen LogP contribution in [0.2, 0.25) is 0 Å². The minimum atomic E-state index is -0.414. The number of rotatable bonds is 2. The number of aliphatic imine (C=N–C) groups is 1. The first kappa shape index (κ1) is 14.0. The van der Waals surface area contributed by atoms with Gasteiger partial charge in [0, 0.05) is 18.5 Å². The van der Waals surface area contributed by atoms with Gasteiger partial charge in [0.25, 0.3) is 0 Å². The van der Waals surface area contributed by atoms with Crippen LogP contribution in [-0.4, -0.2) is 11.9 Å². The van der Waals surface area contributed by atoms with Crippen molar-refractivity contribution in [2.24, 2.45) is 4.99 Å². The number of carbonyl (C=O) groups is 1. The van der Waals surface area contributed by atoms with Gasteiger partial charge in [0.05, 0.1) is 0 Å². The maximum Gasteiger partial charge on any atom is 0.363 e. The van der Waals surface area contributed by atoms with Gasteiger partial charge < -0.3 is 4.74 Å². The molecule has 0 unspecified atom stereocenters. The molecule has 0 bridgehead atoms. The van der Waals surface area contributed by atoms with E-state index in [0.29, 0.717) is 11.6 Å². The van der Waals surface area contributed by atoms with Crippen molar-refractivity contribution in [1.29, 1.82) is 0 Å². The first-order valence-corrected chi connectivity index (χ1v) is 8.40. The molecular formula is C14H7BrINO2S. The van der Waals surface area contributed by atoms with Gasteiger partial charge in [-0.15, -0.1) is 11.3 Å². The van der Waals surface area contributed by atoms with Gasteiger partial charge in [-0.1, -0.05) is 6.07 Å². The van der Waals surface area contributed by atoms with Gasteiger partial charge in [-0.3, -0.25) is 0 Å². The SMILES string of the molecule is O=C1OC(c2ccc(I)c(Br)c2)=N/C1=C\c1cccs1. The number of hydrogen-bond donors (Lipinski definition) is 0. The van der Waals surface area contributed by atoms with Crippen molar-refractivity contribution in [3.8, 4) is 0 Å². The number of halogens is 2. The van der Waals surface area contributed by atoms with E-state index in [1.165, 1.54) is 0 Å². The molecule has 20 heavy (non-hydrogen) atoms. The molecule has 0 aliphatic carbocycles. The molecule has 0 amide bonds. The Labute approximate surface area is 141 Å². The van der Waals surface area contributed by atoms with Crippen molar-refractivity contribution < 1.29 is 9.53 Å². The molecule has 2 heterocycles. The van der Waals surface area contributed by atoms with Crippen molar-refractivity contribution in [3.05, 3.63) is 59.9 Å². The van der Waals surface area contributed by atoms with Crippen LogP contribution in [0.3, 0.4) is 0 Å². The van der Waals surface area contributed by atoms with E-state index in [0.717, 1.165) is 18.5 Å². The Bertz CT molecular complexity index is 738. The summed E-state index contributed by atoms with van der Waals surface area (Å²) in [6.07, 6.45) is 1.74. The number of esters is 1. The molecule has 0 fully saturated rings. The van der Waals surface area contributed by atoms with Gasteiger partial charge in [-0.05, 0) is 74.2 Å². The molecule has 0 atom stereocenters. The zero-order chi connectivity index (χ0) is 14.1. The van der Waals surface area contributed by atoms with Crippen LogP contribution >= 0.6 is 49.9 Å². The fourth-order valence-electron chi connectivity index (χ4n) is 1.67. The monoisotopic (exact) mass is 459 g/mol. The lowest BCUT2D eigenvalue weighted by molar-refractivity contribution is -0.129. The number of hydrogen-bond acceptors (Lipinski definition) is 4. The second-order valence-corrected chi connectivity index (χ2v) is 6.98. The van der Waals surface area contributed by atoms with Gasteiger partial charge in [0.1, 0.15) is 0 Å². The van der Waals surface area contributed by atoms with Crippen molar-refractivity contribution in [2.45, 2.75) is 0 Å². The van der Waals surface area contributed by atoms with Gasteiger partial charge in [-0.2, -0.15) is 0 Å². The zero-order valence-electron chi connectivity index (χ0n) is 9.97. The fourth-order valence-corrected chi connectivity index (χ4v) is 3.04. The van der Waals surface area contributed by atoms with E-state index in [-0.39, 0.29) is 0 Å².